The van der Waals surface area contributed by atoms with Crippen molar-refractivity contribution >= 4 is 0 Å². The van der Waals surface area contributed by atoms with Gasteiger partial charge in [0.1, 0.15) is 0 Å². The highest BCUT2D eigenvalue weighted by Gasteiger charge is 2.07. The molecule has 0 aromatic carbocycles. The molecule has 0 aliphatic rings. The molecule has 0 saturated carbocycles. The van der Waals surface area contributed by atoms with Gasteiger partial charge < -0.3 is 0 Å². The van der Waals surface area contributed by atoms with Gasteiger partial charge in [-0.2, -0.15) is 10.2 Å². The molecule has 1 atom stereocenters. The Bertz CT molecular complexity index is 264. The number of hydrogen-bond acceptors (Lipinski definition) is 2. The van der Waals surface area contributed by atoms with E-state index in [4.69, 9.17) is 0 Å². The molecule has 0 radical (unpaired) electrons. The molecule has 0 N–H and O–H groups in total. The van der Waals surface area contributed by atoms with E-state index in [2.05, 4.69) is 50.0 Å². The van der Waals surface area contributed by atoms with Crippen LogP contribution in [0.15, 0.2) is 12.1 Å². The van der Waals surface area contributed by atoms with Crippen LogP contribution in [0.25, 0.3) is 0 Å². The molecule has 0 aliphatic heterocycles. The molecule has 2 heteroatoms. The van der Waals surface area contributed by atoms with E-state index in [1.54, 1.807) is 0 Å². The smallest absolute Gasteiger partial charge is 0.0659 e. The minimum absolute atomic E-state index is 0.470. The number of nitrogens with zero attached hydrogens (tertiary/aromatic N) is 2. The fraction of sp³-hybridized carbons (Fsp3) is 0.667. The zero-order valence-corrected chi connectivity index (χ0v) is 9.62. The van der Waals surface area contributed by atoms with E-state index in [-0.39, 0.29) is 0 Å². The normalized spacial score (nSPS) is 13.2. The van der Waals surface area contributed by atoms with E-state index in [0.717, 1.165) is 11.4 Å². The lowest BCUT2D eigenvalue weighted by Gasteiger charge is -2.09. The molecule has 1 heterocycles. The first-order valence-electron chi connectivity index (χ1n) is 5.48. The Morgan fingerprint density at radius 2 is 1.64 bits per heavy atom. The zero-order valence-electron chi connectivity index (χ0n) is 9.62. The van der Waals surface area contributed by atoms with Crippen LogP contribution in [0.5, 0.6) is 0 Å². The molecular formula is C12H20N2. The average molecular weight is 192 g/mol. The van der Waals surface area contributed by atoms with Crippen molar-refractivity contribution in [2.45, 2.75) is 52.4 Å². The van der Waals surface area contributed by atoms with Gasteiger partial charge in [0.15, 0.2) is 0 Å². The molecule has 0 fully saturated rings. The van der Waals surface area contributed by atoms with Crippen LogP contribution in [0.1, 0.15) is 63.8 Å². The van der Waals surface area contributed by atoms with Crippen molar-refractivity contribution in [3.8, 4) is 0 Å². The summed E-state index contributed by atoms with van der Waals surface area (Å²) in [6.45, 7) is 8.69. The molecule has 0 spiro atoms. The fourth-order valence-corrected chi connectivity index (χ4v) is 1.50. The van der Waals surface area contributed by atoms with Crippen LogP contribution in [0.3, 0.4) is 0 Å². The Morgan fingerprint density at radius 3 is 2.07 bits per heavy atom. The summed E-state index contributed by atoms with van der Waals surface area (Å²) < 4.78 is 0. The van der Waals surface area contributed by atoms with E-state index in [1.165, 1.54) is 12.8 Å². The minimum atomic E-state index is 0.470. The molecule has 0 saturated heterocycles. The van der Waals surface area contributed by atoms with Gasteiger partial charge >= 0.3 is 0 Å². The first-order valence-corrected chi connectivity index (χ1v) is 5.48. The van der Waals surface area contributed by atoms with Crippen molar-refractivity contribution in [3.63, 3.8) is 0 Å². The maximum atomic E-state index is 4.27. The Labute approximate surface area is 86.8 Å². The van der Waals surface area contributed by atoms with Crippen LogP contribution < -0.4 is 0 Å². The van der Waals surface area contributed by atoms with Gasteiger partial charge in [-0.3, -0.25) is 0 Å². The van der Waals surface area contributed by atoms with Gasteiger partial charge in [0.05, 0.1) is 11.4 Å². The average Bonchev–Trinajstić information content (AvgIpc) is 2.18. The van der Waals surface area contributed by atoms with E-state index in [0.29, 0.717) is 11.8 Å². The van der Waals surface area contributed by atoms with Crippen LogP contribution in [-0.2, 0) is 0 Å². The molecular weight excluding hydrogens is 172 g/mol. The summed E-state index contributed by atoms with van der Waals surface area (Å²) in [5, 5.41) is 8.50. The van der Waals surface area contributed by atoms with Gasteiger partial charge in [0, 0.05) is 5.92 Å². The van der Waals surface area contributed by atoms with Crippen molar-refractivity contribution in [2.75, 3.05) is 0 Å². The SMILES string of the molecule is CCCC(C)c1ccc(C(C)C)nn1. The lowest BCUT2D eigenvalue weighted by molar-refractivity contribution is 0.629. The maximum Gasteiger partial charge on any atom is 0.0659 e. The van der Waals surface area contributed by atoms with Crippen molar-refractivity contribution in [2.24, 2.45) is 0 Å². The standard InChI is InChI=1S/C12H20N2/c1-5-6-10(4)12-8-7-11(9(2)3)13-14-12/h7-10H,5-6H2,1-4H3. The summed E-state index contributed by atoms with van der Waals surface area (Å²) in [5.74, 6) is 1.01. The Kier molecular flexibility index (Phi) is 4.05. The number of hydrogen-bond donors (Lipinski definition) is 0. The Balaban J connectivity index is 2.72. The highest BCUT2D eigenvalue weighted by Crippen LogP contribution is 2.18. The number of aromatic nitrogens is 2. The molecule has 78 valence electrons. The third kappa shape index (κ3) is 2.79. The second-order valence-electron chi connectivity index (χ2n) is 4.23. The third-order valence-corrected chi connectivity index (χ3v) is 2.52. The first-order chi connectivity index (χ1) is 6.65. The Hall–Kier alpha value is -0.920. The van der Waals surface area contributed by atoms with Gasteiger partial charge in [0.25, 0.3) is 0 Å². The highest BCUT2D eigenvalue weighted by molar-refractivity contribution is 5.12. The summed E-state index contributed by atoms with van der Waals surface area (Å²) in [5.41, 5.74) is 2.20. The summed E-state index contributed by atoms with van der Waals surface area (Å²) in [6, 6.07) is 4.21. The maximum absolute atomic E-state index is 4.27. The van der Waals surface area contributed by atoms with Gasteiger partial charge in [-0.1, -0.05) is 34.1 Å². The van der Waals surface area contributed by atoms with E-state index in [1.807, 2.05) is 0 Å². The molecule has 14 heavy (non-hydrogen) atoms. The van der Waals surface area contributed by atoms with Crippen LogP contribution in [0, 0.1) is 0 Å². The van der Waals surface area contributed by atoms with Crippen LogP contribution in [-0.4, -0.2) is 10.2 Å². The molecule has 0 aliphatic carbocycles. The minimum Gasteiger partial charge on any atom is -0.155 e. The van der Waals surface area contributed by atoms with Crippen molar-refractivity contribution < 1.29 is 0 Å². The van der Waals surface area contributed by atoms with Crippen molar-refractivity contribution in [1.82, 2.24) is 10.2 Å². The van der Waals surface area contributed by atoms with Gasteiger partial charge in [0.2, 0.25) is 0 Å². The summed E-state index contributed by atoms with van der Waals surface area (Å²) in [7, 11) is 0. The lowest BCUT2D eigenvalue weighted by atomic mass is 10.0. The first kappa shape index (κ1) is 11.2. The van der Waals surface area contributed by atoms with E-state index >= 15 is 0 Å². The third-order valence-electron chi connectivity index (χ3n) is 2.52. The highest BCUT2D eigenvalue weighted by atomic mass is 15.1. The predicted molar refractivity (Wildman–Crippen MR) is 59.4 cm³/mol. The molecule has 0 amide bonds. The van der Waals surface area contributed by atoms with E-state index in [9.17, 15) is 0 Å². The molecule has 1 rings (SSSR count). The molecule has 1 aromatic heterocycles. The monoisotopic (exact) mass is 192 g/mol. The second kappa shape index (κ2) is 5.08. The predicted octanol–water partition coefficient (Wildman–Crippen LogP) is 3.50. The molecule has 0 bridgehead atoms. The zero-order chi connectivity index (χ0) is 10.6. The number of rotatable bonds is 4. The topological polar surface area (TPSA) is 25.8 Å². The molecule has 1 unspecified atom stereocenters. The van der Waals surface area contributed by atoms with Crippen molar-refractivity contribution in [3.05, 3.63) is 23.5 Å². The Morgan fingerprint density at radius 1 is 1.07 bits per heavy atom. The largest absolute Gasteiger partial charge is 0.155 e. The van der Waals surface area contributed by atoms with Crippen LogP contribution in [0.4, 0.5) is 0 Å². The fourth-order valence-electron chi connectivity index (χ4n) is 1.50. The summed E-state index contributed by atoms with van der Waals surface area (Å²) in [4.78, 5) is 0. The van der Waals surface area contributed by atoms with Gasteiger partial charge in [-0.15, -0.1) is 0 Å². The van der Waals surface area contributed by atoms with Crippen molar-refractivity contribution in [1.29, 1.82) is 0 Å². The summed E-state index contributed by atoms with van der Waals surface area (Å²) in [6.07, 6.45) is 2.39. The quantitative estimate of drug-likeness (QED) is 0.729. The van der Waals surface area contributed by atoms with E-state index < -0.39 is 0 Å². The van der Waals surface area contributed by atoms with Crippen LogP contribution in [0.2, 0.25) is 0 Å². The lowest BCUT2D eigenvalue weighted by Crippen LogP contribution is -2.02. The second-order valence-corrected chi connectivity index (χ2v) is 4.23. The van der Waals surface area contributed by atoms with Gasteiger partial charge in [-0.05, 0) is 24.5 Å². The molecule has 1 aromatic rings. The van der Waals surface area contributed by atoms with Crippen LogP contribution >= 0.6 is 0 Å². The summed E-state index contributed by atoms with van der Waals surface area (Å²) >= 11 is 0. The van der Waals surface area contributed by atoms with Gasteiger partial charge in [-0.25, -0.2) is 0 Å². The molecule has 2 nitrogen and oxygen atoms in total.